The van der Waals surface area contributed by atoms with Gasteiger partial charge in [0.15, 0.2) is 0 Å². The van der Waals surface area contributed by atoms with Crippen LogP contribution in [0.15, 0.2) is 24.3 Å². The van der Waals surface area contributed by atoms with Gasteiger partial charge >= 0.3 is 0 Å². The van der Waals surface area contributed by atoms with Crippen LogP contribution in [0, 0.1) is 5.92 Å². The molecule has 4 heteroatoms. The van der Waals surface area contributed by atoms with Gasteiger partial charge in [0.25, 0.3) is 0 Å². The fourth-order valence-electron chi connectivity index (χ4n) is 2.53. The average Bonchev–Trinajstić information content (AvgIpc) is 2.76. The van der Waals surface area contributed by atoms with Gasteiger partial charge in [0.1, 0.15) is 0 Å². The number of carbonyl (C=O) groups is 1. The molecule has 1 atom stereocenters. The van der Waals surface area contributed by atoms with Crippen LogP contribution in [0.4, 0.5) is 11.4 Å². The molecule has 0 bridgehead atoms. The van der Waals surface area contributed by atoms with Crippen molar-refractivity contribution < 1.29 is 4.79 Å². The Balaban J connectivity index is 2.14. The Kier molecular flexibility index (Phi) is 5.41. The van der Waals surface area contributed by atoms with E-state index in [0.29, 0.717) is 6.54 Å². The summed E-state index contributed by atoms with van der Waals surface area (Å²) >= 11 is 0. The number of carbonyl (C=O) groups excluding carboxylic acids is 1. The predicted octanol–water partition coefficient (Wildman–Crippen LogP) is 2.60. The van der Waals surface area contributed by atoms with Crippen LogP contribution in [0.3, 0.4) is 0 Å². The van der Waals surface area contributed by atoms with Crippen molar-refractivity contribution in [3.05, 3.63) is 24.3 Å². The lowest BCUT2D eigenvalue weighted by molar-refractivity contribution is -0.119. The minimum Gasteiger partial charge on any atom is -0.370 e. The van der Waals surface area contributed by atoms with E-state index in [9.17, 15) is 4.79 Å². The van der Waals surface area contributed by atoms with Crippen molar-refractivity contribution in [2.45, 2.75) is 32.6 Å². The number of nitrogens with two attached hydrogens (primary N) is 1. The first-order valence-corrected chi connectivity index (χ1v) is 7.57. The molecule has 0 aliphatic carbocycles. The van der Waals surface area contributed by atoms with E-state index in [-0.39, 0.29) is 11.8 Å². The Morgan fingerprint density at radius 1 is 1.25 bits per heavy atom. The van der Waals surface area contributed by atoms with Crippen molar-refractivity contribution in [1.29, 1.82) is 0 Å². The molecule has 1 fully saturated rings. The SMILES string of the molecule is CC(CN)C(=O)Nc1ccccc1N1CCCCCC1. The number of amides is 1. The highest BCUT2D eigenvalue weighted by molar-refractivity contribution is 5.95. The molecule has 0 saturated carbocycles. The number of benzene rings is 1. The lowest BCUT2D eigenvalue weighted by atomic mass is 10.1. The Hall–Kier alpha value is -1.55. The normalized spacial score (nSPS) is 17.4. The molecule has 1 amide bonds. The first-order chi connectivity index (χ1) is 9.72. The lowest BCUT2D eigenvalue weighted by Crippen LogP contribution is -2.29. The van der Waals surface area contributed by atoms with Gasteiger partial charge in [0.05, 0.1) is 11.4 Å². The minimum atomic E-state index is -0.160. The number of rotatable bonds is 4. The highest BCUT2D eigenvalue weighted by Crippen LogP contribution is 2.28. The molecule has 110 valence electrons. The number of para-hydroxylation sites is 2. The standard InChI is InChI=1S/C16H25N3O/c1-13(12-17)16(20)18-14-8-4-5-9-15(14)19-10-6-2-3-7-11-19/h4-5,8-9,13H,2-3,6-7,10-12,17H2,1H3,(H,18,20). The van der Waals surface area contributed by atoms with Gasteiger partial charge in [-0.25, -0.2) is 0 Å². The molecule has 1 aromatic rings. The molecule has 0 spiro atoms. The van der Waals surface area contributed by atoms with Gasteiger partial charge in [-0.15, -0.1) is 0 Å². The van der Waals surface area contributed by atoms with E-state index in [2.05, 4.69) is 16.3 Å². The number of hydrogen-bond acceptors (Lipinski definition) is 3. The third kappa shape index (κ3) is 3.73. The van der Waals surface area contributed by atoms with E-state index in [4.69, 9.17) is 5.73 Å². The van der Waals surface area contributed by atoms with Crippen LogP contribution in [0.25, 0.3) is 0 Å². The maximum atomic E-state index is 12.0. The minimum absolute atomic E-state index is 0.00484. The maximum absolute atomic E-state index is 12.0. The predicted molar refractivity (Wildman–Crippen MR) is 84.0 cm³/mol. The topological polar surface area (TPSA) is 58.4 Å². The van der Waals surface area contributed by atoms with E-state index in [0.717, 1.165) is 24.5 Å². The highest BCUT2D eigenvalue weighted by atomic mass is 16.1. The summed E-state index contributed by atoms with van der Waals surface area (Å²) in [4.78, 5) is 14.4. The van der Waals surface area contributed by atoms with Gasteiger partial charge in [0, 0.05) is 25.6 Å². The molecular formula is C16H25N3O. The second-order valence-corrected chi connectivity index (χ2v) is 5.54. The van der Waals surface area contributed by atoms with Gasteiger partial charge in [-0.3, -0.25) is 4.79 Å². The molecule has 1 aromatic carbocycles. The second kappa shape index (κ2) is 7.29. The molecule has 2 rings (SSSR count). The quantitative estimate of drug-likeness (QED) is 0.888. The van der Waals surface area contributed by atoms with Crippen LogP contribution in [-0.4, -0.2) is 25.5 Å². The summed E-state index contributed by atoms with van der Waals surface area (Å²) in [5, 5.41) is 3.02. The Bertz CT molecular complexity index is 439. The fourth-order valence-corrected chi connectivity index (χ4v) is 2.53. The largest absolute Gasteiger partial charge is 0.370 e. The van der Waals surface area contributed by atoms with Crippen molar-refractivity contribution in [3.8, 4) is 0 Å². The van der Waals surface area contributed by atoms with Gasteiger partial charge in [-0.05, 0) is 25.0 Å². The van der Waals surface area contributed by atoms with Crippen molar-refractivity contribution in [2.24, 2.45) is 11.7 Å². The van der Waals surface area contributed by atoms with Gasteiger partial charge < -0.3 is 16.0 Å². The molecule has 1 aliphatic rings. The summed E-state index contributed by atoms with van der Waals surface area (Å²) in [6.07, 6.45) is 5.05. The molecule has 3 N–H and O–H groups in total. The highest BCUT2D eigenvalue weighted by Gasteiger charge is 2.16. The molecular weight excluding hydrogens is 250 g/mol. The molecule has 1 heterocycles. The summed E-state index contributed by atoms with van der Waals surface area (Å²) in [7, 11) is 0. The van der Waals surface area contributed by atoms with E-state index < -0.39 is 0 Å². The lowest BCUT2D eigenvalue weighted by Gasteiger charge is -2.25. The van der Waals surface area contributed by atoms with Crippen LogP contribution < -0.4 is 16.0 Å². The molecule has 1 saturated heterocycles. The summed E-state index contributed by atoms with van der Waals surface area (Å²) in [6, 6.07) is 8.06. The van der Waals surface area contributed by atoms with Gasteiger partial charge in [-0.1, -0.05) is 31.9 Å². The maximum Gasteiger partial charge on any atom is 0.228 e. The number of nitrogens with one attached hydrogen (secondary N) is 1. The average molecular weight is 275 g/mol. The molecule has 4 nitrogen and oxygen atoms in total. The van der Waals surface area contributed by atoms with Crippen molar-refractivity contribution in [1.82, 2.24) is 0 Å². The van der Waals surface area contributed by atoms with Crippen LogP contribution in [-0.2, 0) is 4.79 Å². The zero-order chi connectivity index (χ0) is 14.4. The fraction of sp³-hybridized carbons (Fsp3) is 0.562. The zero-order valence-electron chi connectivity index (χ0n) is 12.3. The van der Waals surface area contributed by atoms with Gasteiger partial charge in [-0.2, -0.15) is 0 Å². The third-order valence-electron chi connectivity index (χ3n) is 3.91. The van der Waals surface area contributed by atoms with Crippen molar-refractivity contribution in [3.63, 3.8) is 0 Å². The summed E-state index contributed by atoms with van der Waals surface area (Å²) < 4.78 is 0. The molecule has 0 aromatic heterocycles. The zero-order valence-corrected chi connectivity index (χ0v) is 12.3. The van der Waals surface area contributed by atoms with Crippen molar-refractivity contribution in [2.75, 3.05) is 29.9 Å². The van der Waals surface area contributed by atoms with Crippen LogP contribution in [0.1, 0.15) is 32.6 Å². The van der Waals surface area contributed by atoms with Crippen LogP contribution in [0.2, 0.25) is 0 Å². The molecule has 1 unspecified atom stereocenters. The Morgan fingerprint density at radius 2 is 1.90 bits per heavy atom. The second-order valence-electron chi connectivity index (χ2n) is 5.54. The monoisotopic (exact) mass is 275 g/mol. The first kappa shape index (κ1) is 14.9. The van der Waals surface area contributed by atoms with E-state index in [1.165, 1.54) is 25.7 Å². The number of nitrogens with zero attached hydrogens (tertiary/aromatic N) is 1. The summed E-state index contributed by atoms with van der Waals surface area (Å²) in [5.74, 6) is -0.165. The first-order valence-electron chi connectivity index (χ1n) is 7.57. The summed E-state index contributed by atoms with van der Waals surface area (Å²) in [5.41, 5.74) is 7.59. The Morgan fingerprint density at radius 3 is 2.55 bits per heavy atom. The van der Waals surface area contributed by atoms with E-state index in [1.54, 1.807) is 0 Å². The van der Waals surface area contributed by atoms with Gasteiger partial charge in [0.2, 0.25) is 5.91 Å². The van der Waals surface area contributed by atoms with E-state index >= 15 is 0 Å². The number of anilines is 2. The molecule has 0 radical (unpaired) electrons. The van der Waals surface area contributed by atoms with Crippen molar-refractivity contribution >= 4 is 17.3 Å². The van der Waals surface area contributed by atoms with Crippen LogP contribution in [0.5, 0.6) is 0 Å². The third-order valence-corrected chi connectivity index (χ3v) is 3.91. The molecule has 20 heavy (non-hydrogen) atoms. The van der Waals surface area contributed by atoms with Crippen LogP contribution >= 0.6 is 0 Å². The molecule has 1 aliphatic heterocycles. The number of hydrogen-bond donors (Lipinski definition) is 2. The summed E-state index contributed by atoms with van der Waals surface area (Å²) in [6.45, 7) is 4.36. The van der Waals surface area contributed by atoms with E-state index in [1.807, 2.05) is 25.1 Å². The smallest absolute Gasteiger partial charge is 0.228 e. The Labute approximate surface area is 121 Å².